The molecule has 1 aromatic heterocycles. The first-order valence-corrected chi connectivity index (χ1v) is 7.35. The average molecular weight is 280 g/mol. The quantitative estimate of drug-likeness (QED) is 0.824. The Morgan fingerprint density at radius 3 is 2.45 bits per heavy atom. The van der Waals surface area contributed by atoms with Gasteiger partial charge in [-0.05, 0) is 33.6 Å². The van der Waals surface area contributed by atoms with E-state index in [1.54, 1.807) is 0 Å². The van der Waals surface area contributed by atoms with Crippen molar-refractivity contribution in [2.45, 2.75) is 46.1 Å². The number of nitrogens with one attached hydrogen (secondary N) is 2. The van der Waals surface area contributed by atoms with E-state index in [2.05, 4.69) is 30.7 Å². The second-order valence-electron chi connectivity index (χ2n) is 5.12. The third-order valence-corrected chi connectivity index (χ3v) is 2.91. The van der Waals surface area contributed by atoms with E-state index in [4.69, 9.17) is 4.74 Å². The Balaban J connectivity index is 2.10. The molecule has 20 heavy (non-hydrogen) atoms. The van der Waals surface area contributed by atoms with Crippen LogP contribution in [0.25, 0.3) is 0 Å². The van der Waals surface area contributed by atoms with E-state index in [0.29, 0.717) is 17.9 Å². The summed E-state index contributed by atoms with van der Waals surface area (Å²) in [5.41, 5.74) is 3.24. The van der Waals surface area contributed by atoms with E-state index >= 15 is 0 Å². The summed E-state index contributed by atoms with van der Waals surface area (Å²) in [6.07, 6.45) is 3.73. The fourth-order valence-corrected chi connectivity index (χ4v) is 2.05. The monoisotopic (exact) mass is 280 g/mol. The molecule has 1 saturated heterocycles. The minimum absolute atomic E-state index is 0.0368. The van der Waals surface area contributed by atoms with Gasteiger partial charge in [0.25, 0.3) is 0 Å². The first-order chi connectivity index (χ1) is 9.67. The fourth-order valence-electron chi connectivity index (χ4n) is 2.05. The zero-order valence-corrected chi connectivity index (χ0v) is 12.5. The third kappa shape index (κ3) is 4.48. The summed E-state index contributed by atoms with van der Waals surface area (Å²) in [6.45, 7) is 8.70. The predicted octanol–water partition coefficient (Wildman–Crippen LogP) is 1.90. The summed E-state index contributed by atoms with van der Waals surface area (Å²) in [7, 11) is 0. The van der Waals surface area contributed by atoms with E-state index < -0.39 is 0 Å². The lowest BCUT2D eigenvalue weighted by Gasteiger charge is -2.26. The molecule has 0 aromatic carbocycles. The summed E-state index contributed by atoms with van der Waals surface area (Å²) < 4.78 is 5.57. The van der Waals surface area contributed by atoms with Crippen LogP contribution in [0, 0.1) is 0 Å². The van der Waals surface area contributed by atoms with Gasteiger partial charge in [0, 0.05) is 19.6 Å². The lowest BCUT2D eigenvalue weighted by molar-refractivity contribution is 0.221. The van der Waals surface area contributed by atoms with Crippen molar-refractivity contribution in [1.82, 2.24) is 20.0 Å². The van der Waals surface area contributed by atoms with Crippen LogP contribution in [0.3, 0.4) is 0 Å². The number of aromatic nitrogens is 3. The van der Waals surface area contributed by atoms with Gasteiger partial charge in [-0.25, -0.2) is 5.01 Å². The van der Waals surface area contributed by atoms with Gasteiger partial charge in [0.05, 0.1) is 6.10 Å². The number of piperidine rings is 1. The molecule has 1 aliphatic heterocycles. The van der Waals surface area contributed by atoms with E-state index in [-0.39, 0.29) is 6.10 Å². The van der Waals surface area contributed by atoms with Crippen molar-refractivity contribution in [3.05, 3.63) is 0 Å². The summed E-state index contributed by atoms with van der Waals surface area (Å²) in [5, 5.41) is 5.24. The average Bonchev–Trinajstić information content (AvgIpc) is 2.39. The van der Waals surface area contributed by atoms with Crippen LogP contribution in [0.1, 0.15) is 40.0 Å². The highest BCUT2D eigenvalue weighted by molar-refractivity contribution is 5.35. The Morgan fingerprint density at radius 1 is 1.10 bits per heavy atom. The summed E-state index contributed by atoms with van der Waals surface area (Å²) >= 11 is 0. The van der Waals surface area contributed by atoms with Crippen LogP contribution in [0.5, 0.6) is 6.01 Å². The van der Waals surface area contributed by atoms with Gasteiger partial charge in [0.15, 0.2) is 0 Å². The molecule has 0 bridgehead atoms. The molecule has 7 heteroatoms. The second-order valence-corrected chi connectivity index (χ2v) is 5.12. The van der Waals surface area contributed by atoms with Crippen molar-refractivity contribution >= 4 is 11.9 Å². The summed E-state index contributed by atoms with van der Waals surface area (Å²) in [5.74, 6) is 1.08. The van der Waals surface area contributed by atoms with Crippen molar-refractivity contribution in [1.29, 1.82) is 0 Å². The molecule has 1 aliphatic rings. The smallest absolute Gasteiger partial charge is 0.323 e. The number of rotatable bonds is 6. The molecular formula is C13H24N6O. The van der Waals surface area contributed by atoms with Gasteiger partial charge >= 0.3 is 6.01 Å². The second kappa shape index (κ2) is 7.23. The first kappa shape index (κ1) is 14.8. The number of hydrogen-bond acceptors (Lipinski definition) is 7. The molecule has 2 heterocycles. The van der Waals surface area contributed by atoms with Crippen LogP contribution < -0.4 is 15.5 Å². The molecule has 112 valence electrons. The lowest BCUT2D eigenvalue weighted by atomic mass is 10.2. The highest BCUT2D eigenvalue weighted by Gasteiger charge is 2.13. The minimum Gasteiger partial charge on any atom is -0.461 e. The molecule has 0 aliphatic carbocycles. The fraction of sp³-hybridized carbons (Fsp3) is 0.769. The number of hydrazine groups is 1. The highest BCUT2D eigenvalue weighted by atomic mass is 16.5. The molecule has 0 saturated carbocycles. The SMILES string of the molecule is CCNc1nc(NN2CCCCC2)nc(OC(C)C)n1. The van der Waals surface area contributed by atoms with Crippen LogP contribution in [0.2, 0.25) is 0 Å². The number of ether oxygens (including phenoxy) is 1. The summed E-state index contributed by atoms with van der Waals surface area (Å²) in [6, 6.07) is 0.352. The molecule has 2 N–H and O–H groups in total. The van der Waals surface area contributed by atoms with Crippen LogP contribution in [-0.4, -0.2) is 45.7 Å². The van der Waals surface area contributed by atoms with Crippen molar-refractivity contribution in [2.75, 3.05) is 30.4 Å². The zero-order chi connectivity index (χ0) is 14.4. The molecule has 0 radical (unpaired) electrons. The number of nitrogens with zero attached hydrogens (tertiary/aromatic N) is 4. The van der Waals surface area contributed by atoms with Crippen molar-refractivity contribution < 1.29 is 4.74 Å². The zero-order valence-electron chi connectivity index (χ0n) is 12.5. The Kier molecular flexibility index (Phi) is 5.34. The Morgan fingerprint density at radius 2 is 1.80 bits per heavy atom. The largest absolute Gasteiger partial charge is 0.461 e. The van der Waals surface area contributed by atoms with Crippen LogP contribution in [-0.2, 0) is 0 Å². The first-order valence-electron chi connectivity index (χ1n) is 7.35. The van der Waals surface area contributed by atoms with Gasteiger partial charge in [-0.2, -0.15) is 15.0 Å². The molecule has 0 spiro atoms. The van der Waals surface area contributed by atoms with Crippen molar-refractivity contribution in [2.24, 2.45) is 0 Å². The number of hydrogen-bond donors (Lipinski definition) is 2. The van der Waals surface area contributed by atoms with Gasteiger partial charge in [-0.1, -0.05) is 6.42 Å². The molecular weight excluding hydrogens is 256 g/mol. The Bertz CT molecular complexity index is 419. The number of anilines is 2. The minimum atomic E-state index is 0.0368. The Hall–Kier alpha value is -1.63. The standard InChI is InChI=1S/C13H24N6O/c1-4-14-11-15-12(17-13(16-11)20-10(2)3)18-19-8-6-5-7-9-19/h10H,4-9H2,1-3H3,(H2,14,15,16,17,18). The third-order valence-electron chi connectivity index (χ3n) is 2.91. The van der Waals surface area contributed by atoms with E-state index in [9.17, 15) is 0 Å². The van der Waals surface area contributed by atoms with Crippen molar-refractivity contribution in [3.8, 4) is 6.01 Å². The normalized spacial score (nSPS) is 16.2. The lowest BCUT2D eigenvalue weighted by Crippen LogP contribution is -2.35. The predicted molar refractivity (Wildman–Crippen MR) is 78.8 cm³/mol. The van der Waals surface area contributed by atoms with Crippen LogP contribution >= 0.6 is 0 Å². The molecule has 7 nitrogen and oxygen atoms in total. The maximum Gasteiger partial charge on any atom is 0.323 e. The molecule has 0 atom stereocenters. The van der Waals surface area contributed by atoms with E-state index in [0.717, 1.165) is 19.6 Å². The topological polar surface area (TPSA) is 75.2 Å². The molecule has 1 fully saturated rings. The molecule has 1 aromatic rings. The Labute approximate surface area is 120 Å². The van der Waals surface area contributed by atoms with Crippen molar-refractivity contribution in [3.63, 3.8) is 0 Å². The van der Waals surface area contributed by atoms with Gasteiger partial charge in [0.2, 0.25) is 11.9 Å². The van der Waals surface area contributed by atoms with E-state index in [1.807, 2.05) is 20.8 Å². The molecule has 2 rings (SSSR count). The summed E-state index contributed by atoms with van der Waals surface area (Å²) in [4.78, 5) is 12.9. The van der Waals surface area contributed by atoms with Crippen LogP contribution in [0.15, 0.2) is 0 Å². The van der Waals surface area contributed by atoms with Crippen LogP contribution in [0.4, 0.5) is 11.9 Å². The maximum absolute atomic E-state index is 5.57. The maximum atomic E-state index is 5.57. The van der Waals surface area contributed by atoms with Gasteiger partial charge in [0.1, 0.15) is 0 Å². The van der Waals surface area contributed by atoms with E-state index in [1.165, 1.54) is 19.3 Å². The highest BCUT2D eigenvalue weighted by Crippen LogP contribution is 2.15. The van der Waals surface area contributed by atoms with Gasteiger partial charge in [-0.3, -0.25) is 5.43 Å². The van der Waals surface area contributed by atoms with Gasteiger partial charge in [-0.15, -0.1) is 0 Å². The molecule has 0 unspecified atom stereocenters. The van der Waals surface area contributed by atoms with Gasteiger partial charge < -0.3 is 10.1 Å². The molecule has 0 amide bonds.